The molecule has 0 radical (unpaired) electrons. The van der Waals surface area contributed by atoms with Crippen LogP contribution in [-0.4, -0.2) is 41.6 Å². The Kier molecular flexibility index (Phi) is 18.8. The zero-order valence-electron chi connectivity index (χ0n) is 12.5. The minimum absolute atomic E-state index is 0. The molecule has 110 valence electrons. The molecule has 19 heavy (non-hydrogen) atoms. The molecule has 0 aromatic rings. The van der Waals surface area contributed by atoms with Gasteiger partial charge in [0.05, 0.1) is 0 Å². The predicted molar refractivity (Wildman–Crippen MR) is 83.4 cm³/mol. The van der Waals surface area contributed by atoms with Crippen LogP contribution in [0.3, 0.4) is 0 Å². The average molecular weight is 281 g/mol. The summed E-state index contributed by atoms with van der Waals surface area (Å²) in [6, 6.07) is 0.316. The van der Waals surface area contributed by atoms with Gasteiger partial charge in [-0.1, -0.05) is 65.7 Å². The van der Waals surface area contributed by atoms with Crippen LogP contribution in [0.1, 0.15) is 85.0 Å². The topological polar surface area (TPSA) is 38.3 Å². The zero-order chi connectivity index (χ0) is 13.6. The predicted octanol–water partition coefficient (Wildman–Crippen LogP) is 3.72. The standard InChI is InChI=1S/C15H31NO2.Na.H/c1-4-7-8-9-10-11-12-13-14(5-2)16-18-15(17)6-3;;/h14,16H,4-13H2,1-3H3;;. The maximum atomic E-state index is 11.0. The van der Waals surface area contributed by atoms with Crippen LogP contribution in [0.2, 0.25) is 0 Å². The number of hydrogen-bond acceptors (Lipinski definition) is 3. The third-order valence-electron chi connectivity index (χ3n) is 3.28. The molecule has 0 aromatic heterocycles. The van der Waals surface area contributed by atoms with E-state index in [4.69, 9.17) is 4.84 Å². The van der Waals surface area contributed by atoms with Gasteiger partial charge >= 0.3 is 35.5 Å². The van der Waals surface area contributed by atoms with E-state index in [0.717, 1.165) is 12.8 Å². The zero-order valence-corrected chi connectivity index (χ0v) is 12.5. The second kappa shape index (κ2) is 16.5. The Morgan fingerprint density at radius 1 is 1.00 bits per heavy atom. The van der Waals surface area contributed by atoms with E-state index in [2.05, 4.69) is 19.3 Å². The van der Waals surface area contributed by atoms with Gasteiger partial charge in [-0.25, -0.2) is 0 Å². The molecule has 0 spiro atoms. The van der Waals surface area contributed by atoms with Gasteiger partial charge in [-0.05, 0) is 12.8 Å². The van der Waals surface area contributed by atoms with E-state index >= 15 is 0 Å². The Labute approximate surface area is 141 Å². The van der Waals surface area contributed by atoms with Gasteiger partial charge in [0.1, 0.15) is 0 Å². The summed E-state index contributed by atoms with van der Waals surface area (Å²) in [7, 11) is 0. The average Bonchev–Trinajstić information content (AvgIpc) is 2.40. The summed E-state index contributed by atoms with van der Waals surface area (Å²) in [5.74, 6) is -0.173. The summed E-state index contributed by atoms with van der Waals surface area (Å²) in [4.78, 5) is 16.0. The molecule has 0 rings (SSSR count). The van der Waals surface area contributed by atoms with Crippen LogP contribution in [0.15, 0.2) is 0 Å². The van der Waals surface area contributed by atoms with Crippen LogP contribution in [-0.2, 0) is 9.63 Å². The molecule has 1 unspecified atom stereocenters. The Hall–Kier alpha value is 0.430. The summed E-state index contributed by atoms with van der Waals surface area (Å²) >= 11 is 0. The van der Waals surface area contributed by atoms with Gasteiger partial charge < -0.3 is 4.84 Å². The van der Waals surface area contributed by atoms with Crippen LogP contribution in [0.4, 0.5) is 0 Å². The third kappa shape index (κ3) is 14.6. The summed E-state index contributed by atoms with van der Waals surface area (Å²) in [5, 5.41) is 0. The van der Waals surface area contributed by atoms with E-state index in [1.807, 2.05) is 0 Å². The molecule has 0 aliphatic rings. The molecular weight excluding hydrogens is 249 g/mol. The maximum absolute atomic E-state index is 11.0. The molecule has 1 atom stereocenters. The Bertz CT molecular complexity index is 201. The van der Waals surface area contributed by atoms with Crippen molar-refractivity contribution in [2.45, 2.75) is 91.0 Å². The fourth-order valence-corrected chi connectivity index (χ4v) is 1.92. The van der Waals surface area contributed by atoms with Crippen LogP contribution in [0.25, 0.3) is 0 Å². The first-order chi connectivity index (χ1) is 8.74. The van der Waals surface area contributed by atoms with Crippen molar-refractivity contribution in [1.82, 2.24) is 5.48 Å². The molecule has 0 aliphatic heterocycles. The number of hydroxylamine groups is 1. The summed E-state index contributed by atoms with van der Waals surface area (Å²) in [6.07, 6.45) is 11.8. The van der Waals surface area contributed by atoms with E-state index in [1.165, 1.54) is 44.9 Å². The summed E-state index contributed by atoms with van der Waals surface area (Å²) < 4.78 is 0. The van der Waals surface area contributed by atoms with Crippen molar-refractivity contribution >= 4 is 35.5 Å². The van der Waals surface area contributed by atoms with E-state index in [1.54, 1.807) is 6.92 Å². The van der Waals surface area contributed by atoms with Gasteiger partial charge in [0.15, 0.2) is 0 Å². The van der Waals surface area contributed by atoms with E-state index in [9.17, 15) is 4.79 Å². The van der Waals surface area contributed by atoms with Crippen molar-refractivity contribution in [3.63, 3.8) is 0 Å². The molecule has 0 fully saturated rings. The minimum atomic E-state index is -0.173. The van der Waals surface area contributed by atoms with Crippen molar-refractivity contribution in [2.24, 2.45) is 0 Å². The quantitative estimate of drug-likeness (QED) is 0.337. The van der Waals surface area contributed by atoms with Crippen molar-refractivity contribution in [2.75, 3.05) is 0 Å². The van der Waals surface area contributed by atoms with Gasteiger partial charge in [-0.2, -0.15) is 5.48 Å². The van der Waals surface area contributed by atoms with E-state index in [-0.39, 0.29) is 35.5 Å². The molecule has 4 heteroatoms. The van der Waals surface area contributed by atoms with Gasteiger partial charge in [0.2, 0.25) is 0 Å². The second-order valence-electron chi connectivity index (χ2n) is 4.96. The third-order valence-corrected chi connectivity index (χ3v) is 3.28. The number of hydrogen-bond donors (Lipinski definition) is 1. The molecule has 0 amide bonds. The number of carbonyl (C=O) groups is 1. The van der Waals surface area contributed by atoms with Crippen LogP contribution in [0, 0.1) is 0 Å². The molecule has 1 N–H and O–H groups in total. The van der Waals surface area contributed by atoms with Gasteiger partial charge in [-0.15, -0.1) is 0 Å². The van der Waals surface area contributed by atoms with E-state index in [0.29, 0.717) is 12.5 Å². The molecule has 0 saturated heterocycles. The number of rotatable bonds is 12. The summed E-state index contributed by atoms with van der Waals surface area (Å²) in [5.41, 5.74) is 2.88. The fourth-order valence-electron chi connectivity index (χ4n) is 1.92. The monoisotopic (exact) mass is 281 g/mol. The van der Waals surface area contributed by atoms with Gasteiger partial charge in [-0.3, -0.25) is 4.79 Å². The van der Waals surface area contributed by atoms with Crippen molar-refractivity contribution in [3.8, 4) is 0 Å². The van der Waals surface area contributed by atoms with Crippen molar-refractivity contribution in [1.29, 1.82) is 0 Å². The SMILES string of the molecule is CCCCCCCCCC(CC)NOC(=O)CC.[NaH]. The molecule has 0 aromatic carbocycles. The van der Waals surface area contributed by atoms with Crippen molar-refractivity contribution in [3.05, 3.63) is 0 Å². The van der Waals surface area contributed by atoms with E-state index < -0.39 is 0 Å². The van der Waals surface area contributed by atoms with Crippen molar-refractivity contribution < 1.29 is 9.63 Å². The molecular formula is C15H32NNaO2. The van der Waals surface area contributed by atoms with Crippen LogP contribution < -0.4 is 5.48 Å². The fraction of sp³-hybridized carbons (Fsp3) is 0.933. The Morgan fingerprint density at radius 2 is 1.58 bits per heavy atom. The normalized spacial score (nSPS) is 11.7. The molecule has 0 aliphatic carbocycles. The molecule has 3 nitrogen and oxygen atoms in total. The Balaban J connectivity index is 0. The first-order valence-corrected chi connectivity index (χ1v) is 7.69. The first kappa shape index (κ1) is 21.7. The number of nitrogens with one attached hydrogen (secondary N) is 1. The first-order valence-electron chi connectivity index (χ1n) is 7.69. The molecule has 0 bridgehead atoms. The van der Waals surface area contributed by atoms with Gasteiger partial charge in [0, 0.05) is 12.5 Å². The number of carbonyl (C=O) groups excluding carboxylic acids is 1. The molecule has 0 heterocycles. The van der Waals surface area contributed by atoms with Crippen LogP contribution in [0.5, 0.6) is 0 Å². The molecule has 0 saturated carbocycles. The van der Waals surface area contributed by atoms with Crippen LogP contribution >= 0.6 is 0 Å². The second-order valence-corrected chi connectivity index (χ2v) is 4.96. The number of unbranched alkanes of at least 4 members (excludes halogenated alkanes) is 6. The Morgan fingerprint density at radius 3 is 2.11 bits per heavy atom. The summed E-state index contributed by atoms with van der Waals surface area (Å²) in [6.45, 7) is 6.18. The van der Waals surface area contributed by atoms with Gasteiger partial charge in [0.25, 0.3) is 0 Å².